The molecule has 0 aliphatic rings. The summed E-state index contributed by atoms with van der Waals surface area (Å²) in [5, 5.41) is 2.07. The van der Waals surface area contributed by atoms with Crippen molar-refractivity contribution in [1.82, 2.24) is 0 Å². The number of anilines is 1. The van der Waals surface area contributed by atoms with Crippen molar-refractivity contribution in [1.29, 1.82) is 0 Å². The highest BCUT2D eigenvalue weighted by atomic mass is 35.5. The van der Waals surface area contributed by atoms with Crippen LogP contribution in [0.5, 0.6) is 0 Å². The lowest BCUT2D eigenvalue weighted by molar-refractivity contribution is -0.137. The number of hydrogen-bond acceptors (Lipinski definition) is 3. The number of amides is 1. The van der Waals surface area contributed by atoms with Gasteiger partial charge in [-0.2, -0.15) is 13.2 Å². The number of rotatable bonds is 4. The van der Waals surface area contributed by atoms with E-state index in [1.54, 1.807) is 0 Å². The summed E-state index contributed by atoms with van der Waals surface area (Å²) < 4.78 is 56.6. The number of halogens is 5. The highest BCUT2D eigenvalue weighted by Gasteiger charge is 2.33. The Kier molecular flexibility index (Phi) is 5.63. The predicted molar refractivity (Wildman–Crippen MR) is 81.8 cm³/mol. The van der Waals surface area contributed by atoms with Crippen molar-refractivity contribution in [2.45, 2.75) is 6.18 Å². The number of esters is 1. The molecule has 0 aromatic heterocycles. The molecule has 2 rings (SSSR count). The zero-order valence-corrected chi connectivity index (χ0v) is 13.1. The average Bonchev–Trinajstić information content (AvgIpc) is 2.54. The first-order valence-corrected chi connectivity index (χ1v) is 7.14. The molecular formula is C16H10ClF4NO3. The smallest absolute Gasteiger partial charge is 0.418 e. The first-order chi connectivity index (χ1) is 11.7. The van der Waals surface area contributed by atoms with Gasteiger partial charge in [0, 0.05) is 5.02 Å². The Balaban J connectivity index is 2.02. The van der Waals surface area contributed by atoms with E-state index >= 15 is 0 Å². The fourth-order valence-corrected chi connectivity index (χ4v) is 2.06. The van der Waals surface area contributed by atoms with Crippen LogP contribution in [-0.4, -0.2) is 18.5 Å². The summed E-state index contributed by atoms with van der Waals surface area (Å²) in [5.74, 6) is -3.08. The largest absolute Gasteiger partial charge is 0.452 e. The molecule has 1 amide bonds. The highest BCUT2D eigenvalue weighted by molar-refractivity contribution is 6.30. The summed E-state index contributed by atoms with van der Waals surface area (Å²) in [6.45, 7) is -0.892. The summed E-state index contributed by atoms with van der Waals surface area (Å²) in [6.07, 6.45) is -4.66. The van der Waals surface area contributed by atoms with Crippen molar-refractivity contribution in [3.63, 3.8) is 0 Å². The van der Waals surface area contributed by atoms with E-state index in [0.29, 0.717) is 0 Å². The van der Waals surface area contributed by atoms with Gasteiger partial charge in [-0.1, -0.05) is 23.7 Å². The normalized spacial score (nSPS) is 11.1. The molecule has 0 radical (unpaired) electrons. The molecular weight excluding hydrogens is 366 g/mol. The van der Waals surface area contributed by atoms with Gasteiger partial charge in [0.1, 0.15) is 5.82 Å². The van der Waals surface area contributed by atoms with Crippen LogP contribution in [0.1, 0.15) is 15.9 Å². The van der Waals surface area contributed by atoms with E-state index in [1.165, 1.54) is 18.2 Å². The Morgan fingerprint density at radius 1 is 1.12 bits per heavy atom. The van der Waals surface area contributed by atoms with Crippen LogP contribution in [0.4, 0.5) is 23.2 Å². The van der Waals surface area contributed by atoms with Gasteiger partial charge in [-0.3, -0.25) is 4.79 Å². The Labute approximate surface area is 144 Å². The average molecular weight is 376 g/mol. The van der Waals surface area contributed by atoms with Crippen molar-refractivity contribution in [2.24, 2.45) is 0 Å². The van der Waals surface area contributed by atoms with E-state index in [4.69, 9.17) is 11.6 Å². The van der Waals surface area contributed by atoms with Crippen LogP contribution in [-0.2, 0) is 15.7 Å². The van der Waals surface area contributed by atoms with Gasteiger partial charge in [0.15, 0.2) is 6.61 Å². The van der Waals surface area contributed by atoms with E-state index in [2.05, 4.69) is 4.74 Å². The van der Waals surface area contributed by atoms with Crippen molar-refractivity contribution < 1.29 is 31.9 Å². The number of hydrogen-bond donors (Lipinski definition) is 1. The molecule has 2 aromatic rings. The highest BCUT2D eigenvalue weighted by Crippen LogP contribution is 2.34. The third-order valence-electron chi connectivity index (χ3n) is 2.99. The molecule has 25 heavy (non-hydrogen) atoms. The van der Waals surface area contributed by atoms with Gasteiger partial charge in [-0.05, 0) is 30.3 Å². The van der Waals surface area contributed by atoms with E-state index in [1.807, 2.05) is 5.32 Å². The van der Waals surface area contributed by atoms with Crippen LogP contribution < -0.4 is 5.32 Å². The van der Waals surface area contributed by atoms with E-state index in [0.717, 1.165) is 24.3 Å². The number of carbonyl (C=O) groups is 2. The summed E-state index contributed by atoms with van der Waals surface area (Å²) in [4.78, 5) is 23.4. The quantitative estimate of drug-likeness (QED) is 0.640. The Hall–Kier alpha value is -2.61. The maximum absolute atomic E-state index is 13.5. The van der Waals surface area contributed by atoms with Crippen LogP contribution in [0.25, 0.3) is 0 Å². The minimum absolute atomic E-state index is 0.0805. The first-order valence-electron chi connectivity index (χ1n) is 6.76. The van der Waals surface area contributed by atoms with Gasteiger partial charge in [-0.25, -0.2) is 9.18 Å². The fourth-order valence-electron chi connectivity index (χ4n) is 1.89. The molecule has 0 atom stereocenters. The summed E-state index contributed by atoms with van der Waals surface area (Å²) in [6, 6.07) is 7.49. The van der Waals surface area contributed by atoms with Gasteiger partial charge in [0.2, 0.25) is 0 Å². The molecule has 4 nitrogen and oxygen atoms in total. The van der Waals surface area contributed by atoms with E-state index < -0.39 is 47.3 Å². The Morgan fingerprint density at radius 3 is 2.48 bits per heavy atom. The van der Waals surface area contributed by atoms with Crippen LogP contribution in [0, 0.1) is 5.82 Å². The molecule has 0 bridgehead atoms. The van der Waals surface area contributed by atoms with Crippen molar-refractivity contribution in [3.05, 3.63) is 64.4 Å². The molecule has 0 aliphatic heterocycles. The first kappa shape index (κ1) is 18.7. The zero-order valence-electron chi connectivity index (χ0n) is 12.4. The molecule has 0 heterocycles. The molecule has 0 saturated heterocycles. The number of nitrogens with one attached hydrogen (secondary N) is 1. The summed E-state index contributed by atoms with van der Waals surface area (Å²) in [7, 11) is 0. The third kappa shape index (κ3) is 4.93. The van der Waals surface area contributed by atoms with Crippen LogP contribution in [0.15, 0.2) is 42.5 Å². The van der Waals surface area contributed by atoms with Gasteiger partial charge in [0.05, 0.1) is 16.8 Å². The molecule has 132 valence electrons. The Morgan fingerprint density at radius 2 is 1.80 bits per heavy atom. The van der Waals surface area contributed by atoms with Crippen molar-refractivity contribution in [2.75, 3.05) is 11.9 Å². The second kappa shape index (κ2) is 7.52. The number of carbonyl (C=O) groups excluding carboxylic acids is 2. The molecule has 0 saturated carbocycles. The molecule has 0 aliphatic carbocycles. The van der Waals surface area contributed by atoms with Gasteiger partial charge >= 0.3 is 12.1 Å². The summed E-state index contributed by atoms with van der Waals surface area (Å²) >= 11 is 5.63. The second-order valence-electron chi connectivity index (χ2n) is 4.79. The summed E-state index contributed by atoms with van der Waals surface area (Å²) in [5.41, 5.74) is -2.02. The molecule has 0 fully saturated rings. The lowest BCUT2D eigenvalue weighted by Gasteiger charge is -2.13. The van der Waals surface area contributed by atoms with Crippen molar-refractivity contribution in [3.8, 4) is 0 Å². The molecule has 9 heteroatoms. The molecule has 0 spiro atoms. The van der Waals surface area contributed by atoms with E-state index in [9.17, 15) is 27.2 Å². The van der Waals surface area contributed by atoms with Gasteiger partial charge in [0.25, 0.3) is 5.91 Å². The maximum atomic E-state index is 13.5. The predicted octanol–water partition coefficient (Wildman–Crippen LogP) is 4.29. The lowest BCUT2D eigenvalue weighted by Crippen LogP contribution is -2.23. The SMILES string of the molecule is O=C(COC(=O)c1cc(Cl)ccc1F)Nc1ccccc1C(F)(F)F. The van der Waals surface area contributed by atoms with Crippen molar-refractivity contribution >= 4 is 29.2 Å². The standard InChI is InChI=1S/C16H10ClF4NO3/c17-9-5-6-12(18)10(7-9)15(24)25-8-14(23)22-13-4-2-1-3-11(13)16(19,20)21/h1-7H,8H2,(H,22,23). The number of alkyl halides is 3. The van der Waals surface area contributed by atoms with Crippen LogP contribution in [0.2, 0.25) is 5.02 Å². The van der Waals surface area contributed by atoms with Gasteiger partial charge in [-0.15, -0.1) is 0 Å². The van der Waals surface area contributed by atoms with E-state index in [-0.39, 0.29) is 5.02 Å². The monoisotopic (exact) mass is 375 g/mol. The minimum atomic E-state index is -4.66. The Bertz CT molecular complexity index is 808. The van der Waals surface area contributed by atoms with Gasteiger partial charge < -0.3 is 10.1 Å². The lowest BCUT2D eigenvalue weighted by atomic mass is 10.1. The fraction of sp³-hybridized carbons (Fsp3) is 0.125. The topological polar surface area (TPSA) is 55.4 Å². The maximum Gasteiger partial charge on any atom is 0.418 e. The zero-order chi connectivity index (χ0) is 18.6. The third-order valence-corrected chi connectivity index (χ3v) is 3.22. The van der Waals surface area contributed by atoms with Crippen LogP contribution >= 0.6 is 11.6 Å². The molecule has 0 unspecified atom stereocenters. The molecule has 2 aromatic carbocycles. The number of ether oxygens (including phenoxy) is 1. The molecule has 1 N–H and O–H groups in total. The second-order valence-corrected chi connectivity index (χ2v) is 5.23. The minimum Gasteiger partial charge on any atom is -0.452 e. The number of para-hydroxylation sites is 1. The van der Waals surface area contributed by atoms with Crippen LogP contribution in [0.3, 0.4) is 0 Å². The number of benzene rings is 2.